The standard InChI is InChI=1S/C14H14OS/c1-11-4-6-12(7-5-11)8-9-13(15)14-3-2-10-16-14/h2-7,10H,8-9H2,1H3. The predicted octanol–water partition coefficient (Wildman–Crippen LogP) is 3.87. The highest BCUT2D eigenvalue weighted by Crippen LogP contribution is 2.13. The van der Waals surface area contributed by atoms with Gasteiger partial charge in [-0.2, -0.15) is 0 Å². The van der Waals surface area contributed by atoms with Crippen molar-refractivity contribution in [1.82, 2.24) is 0 Å². The maximum Gasteiger partial charge on any atom is 0.173 e. The van der Waals surface area contributed by atoms with Crippen LogP contribution in [-0.4, -0.2) is 5.78 Å². The summed E-state index contributed by atoms with van der Waals surface area (Å²) in [5, 5.41) is 1.94. The molecule has 0 unspecified atom stereocenters. The van der Waals surface area contributed by atoms with E-state index in [0.717, 1.165) is 11.3 Å². The van der Waals surface area contributed by atoms with E-state index in [-0.39, 0.29) is 5.78 Å². The zero-order valence-electron chi connectivity index (χ0n) is 9.27. The first kappa shape index (κ1) is 11.1. The first-order valence-electron chi connectivity index (χ1n) is 5.38. The molecule has 0 N–H and O–H groups in total. The molecule has 0 aliphatic rings. The van der Waals surface area contributed by atoms with Crippen LogP contribution in [0.15, 0.2) is 41.8 Å². The van der Waals surface area contributed by atoms with E-state index < -0.39 is 0 Å². The average Bonchev–Trinajstić information content (AvgIpc) is 2.81. The van der Waals surface area contributed by atoms with Crippen LogP contribution >= 0.6 is 11.3 Å². The van der Waals surface area contributed by atoms with Gasteiger partial charge < -0.3 is 0 Å². The van der Waals surface area contributed by atoms with Crippen molar-refractivity contribution >= 4 is 17.1 Å². The average molecular weight is 230 g/mol. The van der Waals surface area contributed by atoms with Gasteiger partial charge in [0.05, 0.1) is 4.88 Å². The lowest BCUT2D eigenvalue weighted by Gasteiger charge is -2.00. The topological polar surface area (TPSA) is 17.1 Å². The second-order valence-electron chi connectivity index (χ2n) is 3.89. The highest BCUT2D eigenvalue weighted by atomic mass is 32.1. The minimum Gasteiger partial charge on any atom is -0.293 e. The van der Waals surface area contributed by atoms with Gasteiger partial charge in [0.2, 0.25) is 0 Å². The number of carbonyl (C=O) groups is 1. The Morgan fingerprint density at radius 3 is 2.56 bits per heavy atom. The summed E-state index contributed by atoms with van der Waals surface area (Å²) in [5.74, 6) is 0.246. The second kappa shape index (κ2) is 5.08. The highest BCUT2D eigenvalue weighted by molar-refractivity contribution is 7.12. The molecule has 0 saturated carbocycles. The van der Waals surface area contributed by atoms with Crippen molar-refractivity contribution in [2.24, 2.45) is 0 Å². The minimum absolute atomic E-state index is 0.246. The number of rotatable bonds is 4. The second-order valence-corrected chi connectivity index (χ2v) is 4.83. The molecule has 2 heteroatoms. The molecule has 1 nitrogen and oxygen atoms in total. The van der Waals surface area contributed by atoms with Gasteiger partial charge in [-0.05, 0) is 30.4 Å². The van der Waals surface area contributed by atoms with E-state index in [1.165, 1.54) is 22.5 Å². The predicted molar refractivity (Wildman–Crippen MR) is 68.1 cm³/mol. The van der Waals surface area contributed by atoms with Gasteiger partial charge in [-0.15, -0.1) is 11.3 Å². The Kier molecular flexibility index (Phi) is 3.52. The van der Waals surface area contributed by atoms with Gasteiger partial charge in [-0.1, -0.05) is 35.9 Å². The van der Waals surface area contributed by atoms with E-state index in [1.54, 1.807) is 0 Å². The quantitative estimate of drug-likeness (QED) is 0.729. The Labute approximate surface area is 99.8 Å². The molecule has 0 spiro atoms. The summed E-state index contributed by atoms with van der Waals surface area (Å²) in [7, 11) is 0. The molecular formula is C14H14OS. The molecule has 0 amide bonds. The molecule has 1 aromatic carbocycles. The first-order chi connectivity index (χ1) is 7.75. The molecule has 0 saturated heterocycles. The van der Waals surface area contributed by atoms with E-state index in [1.807, 2.05) is 17.5 Å². The van der Waals surface area contributed by atoms with E-state index in [0.29, 0.717) is 6.42 Å². The Morgan fingerprint density at radius 1 is 1.19 bits per heavy atom. The summed E-state index contributed by atoms with van der Waals surface area (Å²) in [5.41, 5.74) is 2.49. The Hall–Kier alpha value is -1.41. The number of hydrogen-bond acceptors (Lipinski definition) is 2. The summed E-state index contributed by atoms with van der Waals surface area (Å²) in [6, 6.07) is 12.2. The van der Waals surface area contributed by atoms with Crippen LogP contribution in [0.25, 0.3) is 0 Å². The molecule has 82 valence electrons. The van der Waals surface area contributed by atoms with Gasteiger partial charge in [-0.25, -0.2) is 0 Å². The van der Waals surface area contributed by atoms with Gasteiger partial charge in [0.25, 0.3) is 0 Å². The van der Waals surface area contributed by atoms with Crippen LogP contribution in [-0.2, 0) is 6.42 Å². The number of Topliss-reactive ketones (excluding diaryl/α,β-unsaturated/α-hetero) is 1. The lowest BCUT2D eigenvalue weighted by molar-refractivity contribution is 0.0987. The number of ketones is 1. The molecule has 0 fully saturated rings. The lowest BCUT2D eigenvalue weighted by Crippen LogP contribution is -1.98. The zero-order chi connectivity index (χ0) is 11.4. The number of benzene rings is 1. The van der Waals surface area contributed by atoms with Crippen molar-refractivity contribution < 1.29 is 4.79 Å². The smallest absolute Gasteiger partial charge is 0.173 e. The summed E-state index contributed by atoms with van der Waals surface area (Å²) in [6.45, 7) is 2.07. The first-order valence-corrected chi connectivity index (χ1v) is 6.26. The maximum atomic E-state index is 11.8. The maximum absolute atomic E-state index is 11.8. The number of thiophene rings is 1. The third kappa shape index (κ3) is 2.80. The van der Waals surface area contributed by atoms with Crippen molar-refractivity contribution in [3.63, 3.8) is 0 Å². The molecule has 0 aliphatic carbocycles. The molecule has 1 aromatic heterocycles. The molecule has 2 aromatic rings. The zero-order valence-corrected chi connectivity index (χ0v) is 10.1. The molecule has 2 rings (SSSR count). The molecule has 0 bridgehead atoms. The van der Waals surface area contributed by atoms with Gasteiger partial charge in [-0.3, -0.25) is 4.79 Å². The van der Waals surface area contributed by atoms with Crippen LogP contribution in [0.4, 0.5) is 0 Å². The van der Waals surface area contributed by atoms with Crippen molar-refractivity contribution in [1.29, 1.82) is 0 Å². The highest BCUT2D eigenvalue weighted by Gasteiger charge is 2.06. The number of hydrogen-bond donors (Lipinski definition) is 0. The summed E-state index contributed by atoms with van der Waals surface area (Å²) in [4.78, 5) is 12.6. The van der Waals surface area contributed by atoms with E-state index in [9.17, 15) is 4.79 Å². The van der Waals surface area contributed by atoms with E-state index in [4.69, 9.17) is 0 Å². The summed E-state index contributed by atoms with van der Waals surface area (Å²) >= 11 is 1.52. The molecule has 0 aliphatic heterocycles. The van der Waals surface area contributed by atoms with Crippen LogP contribution in [0, 0.1) is 6.92 Å². The van der Waals surface area contributed by atoms with Crippen molar-refractivity contribution in [3.05, 3.63) is 57.8 Å². The summed E-state index contributed by atoms with van der Waals surface area (Å²) < 4.78 is 0. The fraction of sp³-hybridized carbons (Fsp3) is 0.214. The van der Waals surface area contributed by atoms with E-state index in [2.05, 4.69) is 31.2 Å². The Morgan fingerprint density at radius 2 is 1.94 bits per heavy atom. The Bertz CT molecular complexity index is 454. The SMILES string of the molecule is Cc1ccc(CCC(=O)c2cccs2)cc1. The molecular weight excluding hydrogens is 216 g/mol. The monoisotopic (exact) mass is 230 g/mol. The third-order valence-electron chi connectivity index (χ3n) is 2.56. The normalized spacial score (nSPS) is 10.3. The number of aryl methyl sites for hydroxylation is 2. The van der Waals surface area contributed by atoms with Gasteiger partial charge in [0.15, 0.2) is 5.78 Å². The summed E-state index contributed by atoms with van der Waals surface area (Å²) in [6.07, 6.45) is 1.43. The third-order valence-corrected chi connectivity index (χ3v) is 3.47. The van der Waals surface area contributed by atoms with Crippen molar-refractivity contribution in [3.8, 4) is 0 Å². The van der Waals surface area contributed by atoms with Crippen LogP contribution < -0.4 is 0 Å². The molecule has 16 heavy (non-hydrogen) atoms. The minimum atomic E-state index is 0.246. The fourth-order valence-electron chi connectivity index (χ4n) is 1.57. The molecule has 1 heterocycles. The van der Waals surface area contributed by atoms with Crippen LogP contribution in [0.1, 0.15) is 27.2 Å². The Balaban J connectivity index is 1.93. The molecule has 0 radical (unpaired) electrons. The molecule has 0 atom stereocenters. The van der Waals surface area contributed by atoms with Crippen LogP contribution in [0.3, 0.4) is 0 Å². The largest absolute Gasteiger partial charge is 0.293 e. The van der Waals surface area contributed by atoms with Gasteiger partial charge in [0.1, 0.15) is 0 Å². The van der Waals surface area contributed by atoms with Gasteiger partial charge in [0, 0.05) is 6.42 Å². The fourth-order valence-corrected chi connectivity index (χ4v) is 2.27. The number of carbonyl (C=O) groups excluding carboxylic acids is 1. The van der Waals surface area contributed by atoms with Crippen molar-refractivity contribution in [2.75, 3.05) is 0 Å². The van der Waals surface area contributed by atoms with Crippen molar-refractivity contribution in [2.45, 2.75) is 19.8 Å². The van der Waals surface area contributed by atoms with Crippen LogP contribution in [0.5, 0.6) is 0 Å². The lowest BCUT2D eigenvalue weighted by atomic mass is 10.1. The van der Waals surface area contributed by atoms with Crippen LogP contribution in [0.2, 0.25) is 0 Å². The van der Waals surface area contributed by atoms with Gasteiger partial charge >= 0.3 is 0 Å². The van der Waals surface area contributed by atoms with E-state index >= 15 is 0 Å².